The fourth-order valence-electron chi connectivity index (χ4n) is 5.74. The van der Waals surface area contributed by atoms with Crippen LogP contribution in [-0.2, 0) is 6.54 Å². The average Bonchev–Trinajstić information content (AvgIpc) is 3.29. The molecule has 6 heteroatoms. The topological polar surface area (TPSA) is 61.6 Å². The van der Waals surface area contributed by atoms with E-state index in [4.69, 9.17) is 4.98 Å². The number of Topliss-reactive ketones (excluding diaryl/α,β-unsaturated/α-hetero) is 1. The maximum Gasteiger partial charge on any atom is 0.162 e. The number of fused-ring (bicyclic) bond motifs is 3. The summed E-state index contributed by atoms with van der Waals surface area (Å²) in [4.78, 5) is 21.9. The first-order valence-corrected chi connectivity index (χ1v) is 12.6. The van der Waals surface area contributed by atoms with Crippen LogP contribution in [0.25, 0.3) is 11.0 Å². The highest BCUT2D eigenvalue weighted by Gasteiger charge is 2.41. The second-order valence-corrected chi connectivity index (χ2v) is 10.7. The third-order valence-electron chi connectivity index (χ3n) is 7.29. The van der Waals surface area contributed by atoms with Crippen LogP contribution >= 0.6 is 0 Å². The van der Waals surface area contributed by atoms with Crippen LogP contribution in [0, 0.1) is 0 Å². The Kier molecular flexibility index (Phi) is 6.21. The quantitative estimate of drug-likeness (QED) is 0.502. The molecule has 0 amide bonds. The van der Waals surface area contributed by atoms with Gasteiger partial charge in [-0.3, -0.25) is 9.69 Å². The van der Waals surface area contributed by atoms with Gasteiger partial charge < -0.3 is 14.6 Å². The molecule has 2 aliphatic rings. The fraction of sp³-hybridized carbons (Fsp3) is 0.500. The van der Waals surface area contributed by atoms with E-state index in [1.165, 1.54) is 23.9 Å². The molecule has 2 unspecified atom stereocenters. The number of hydrogen-bond acceptors (Lipinski definition) is 5. The highest BCUT2D eigenvalue weighted by Crippen LogP contribution is 2.36. The smallest absolute Gasteiger partial charge is 0.162 e. The maximum absolute atomic E-state index is 12.1. The van der Waals surface area contributed by atoms with E-state index in [1.54, 1.807) is 0 Å². The highest BCUT2D eigenvalue weighted by molar-refractivity contribution is 5.96. The van der Waals surface area contributed by atoms with Crippen LogP contribution in [0.5, 0.6) is 0 Å². The third-order valence-corrected chi connectivity index (χ3v) is 7.29. The lowest BCUT2D eigenvalue weighted by atomic mass is 10.1. The average molecular weight is 461 g/mol. The molecule has 2 atom stereocenters. The minimum Gasteiger partial charge on any atom is -0.389 e. The highest BCUT2D eigenvalue weighted by atomic mass is 16.3. The number of pyridine rings is 1. The molecule has 1 N–H and O–H groups in total. The lowest BCUT2D eigenvalue weighted by Gasteiger charge is -2.44. The number of carbonyl (C=O) groups is 1. The number of carbonyl (C=O) groups excluding carboxylic acids is 1. The third kappa shape index (κ3) is 4.62. The minimum absolute atomic E-state index is 0.211. The van der Waals surface area contributed by atoms with Crippen molar-refractivity contribution in [1.82, 2.24) is 14.5 Å². The molecule has 6 nitrogen and oxygen atoms in total. The number of nitrogens with zero attached hydrogens (tertiary/aromatic N) is 4. The predicted molar refractivity (Wildman–Crippen MR) is 137 cm³/mol. The molecular formula is C28H36N4O2. The van der Waals surface area contributed by atoms with Gasteiger partial charge in [0.05, 0.1) is 5.60 Å². The van der Waals surface area contributed by atoms with Gasteiger partial charge in [0.2, 0.25) is 0 Å². The first kappa shape index (κ1) is 23.1. The second kappa shape index (κ2) is 9.16. The van der Waals surface area contributed by atoms with E-state index in [0.29, 0.717) is 18.5 Å². The van der Waals surface area contributed by atoms with E-state index in [0.717, 1.165) is 49.4 Å². The molecule has 2 bridgehead atoms. The van der Waals surface area contributed by atoms with Crippen LogP contribution in [0.2, 0.25) is 0 Å². The zero-order chi connectivity index (χ0) is 23.9. The van der Waals surface area contributed by atoms with Gasteiger partial charge in [-0.05, 0) is 50.8 Å². The van der Waals surface area contributed by atoms with E-state index in [2.05, 4.69) is 44.8 Å². The van der Waals surface area contributed by atoms with E-state index in [9.17, 15) is 9.90 Å². The molecule has 2 saturated heterocycles. The molecule has 0 saturated carbocycles. The van der Waals surface area contributed by atoms with Gasteiger partial charge in [-0.1, -0.05) is 31.2 Å². The van der Waals surface area contributed by atoms with Crippen LogP contribution < -0.4 is 4.90 Å². The molecule has 2 fully saturated rings. The van der Waals surface area contributed by atoms with Crippen LogP contribution in [0.3, 0.4) is 0 Å². The van der Waals surface area contributed by atoms with Gasteiger partial charge in [0, 0.05) is 73.7 Å². The fourth-order valence-corrected chi connectivity index (χ4v) is 5.74. The SMILES string of the molecule is CCCC(=O)c1ccc(Cn2ccc3c(N4CC5CCC(C4)N5CC(C)(C)O)ccnc32)cc1. The van der Waals surface area contributed by atoms with Crippen molar-refractivity contribution in [2.24, 2.45) is 0 Å². The first-order valence-electron chi connectivity index (χ1n) is 12.6. The molecule has 2 aliphatic heterocycles. The van der Waals surface area contributed by atoms with Crippen LogP contribution in [-0.4, -0.2) is 62.7 Å². The summed E-state index contributed by atoms with van der Waals surface area (Å²) in [5.41, 5.74) is 3.54. The van der Waals surface area contributed by atoms with E-state index in [-0.39, 0.29) is 5.78 Å². The molecule has 34 heavy (non-hydrogen) atoms. The normalized spacial score (nSPS) is 20.9. The van der Waals surface area contributed by atoms with Gasteiger partial charge in [0.15, 0.2) is 5.78 Å². The monoisotopic (exact) mass is 460 g/mol. The maximum atomic E-state index is 12.1. The van der Waals surface area contributed by atoms with Crippen molar-refractivity contribution in [2.45, 2.75) is 70.7 Å². The van der Waals surface area contributed by atoms with Gasteiger partial charge in [-0.25, -0.2) is 4.98 Å². The zero-order valence-corrected chi connectivity index (χ0v) is 20.6. The Morgan fingerprint density at radius 1 is 1.09 bits per heavy atom. The number of piperazine rings is 1. The predicted octanol–water partition coefficient (Wildman–Crippen LogP) is 4.49. The van der Waals surface area contributed by atoms with Crippen molar-refractivity contribution in [2.75, 3.05) is 24.5 Å². The summed E-state index contributed by atoms with van der Waals surface area (Å²) < 4.78 is 2.20. The molecule has 5 rings (SSSR count). The molecule has 180 valence electrons. The van der Waals surface area contributed by atoms with Gasteiger partial charge in [0.1, 0.15) is 5.65 Å². The summed E-state index contributed by atoms with van der Waals surface area (Å²) in [6.45, 7) is 9.29. The van der Waals surface area contributed by atoms with Crippen LogP contribution in [0.15, 0.2) is 48.8 Å². The Balaban J connectivity index is 1.34. The van der Waals surface area contributed by atoms with Gasteiger partial charge in [-0.15, -0.1) is 0 Å². The summed E-state index contributed by atoms with van der Waals surface area (Å²) in [6, 6.07) is 13.3. The standard InChI is InChI=1S/C28H36N4O2/c1-4-5-26(33)21-8-6-20(7-9-21)16-30-15-13-24-25(12-14-29-27(24)30)31-17-22-10-11-23(18-31)32(22)19-28(2,3)34/h6-9,12-15,22-23,34H,4-5,10-11,16-19H2,1-3H3. The Morgan fingerprint density at radius 2 is 1.79 bits per heavy atom. The number of anilines is 1. The van der Waals surface area contributed by atoms with Gasteiger partial charge in [-0.2, -0.15) is 0 Å². The summed E-state index contributed by atoms with van der Waals surface area (Å²) in [5.74, 6) is 0.211. The molecule has 4 heterocycles. The van der Waals surface area contributed by atoms with Crippen molar-refractivity contribution < 1.29 is 9.90 Å². The van der Waals surface area contributed by atoms with Crippen LogP contribution in [0.4, 0.5) is 5.69 Å². The van der Waals surface area contributed by atoms with Gasteiger partial charge >= 0.3 is 0 Å². The summed E-state index contributed by atoms with van der Waals surface area (Å²) in [7, 11) is 0. The lowest BCUT2D eigenvalue weighted by Crippen LogP contribution is -2.57. The number of aliphatic hydroxyl groups is 1. The first-order chi connectivity index (χ1) is 16.3. The molecule has 0 spiro atoms. The minimum atomic E-state index is -0.661. The van der Waals surface area contributed by atoms with E-state index in [1.807, 2.05) is 39.1 Å². The Labute approximate surface area is 202 Å². The number of hydrogen-bond donors (Lipinski definition) is 1. The van der Waals surface area contributed by atoms with Crippen molar-refractivity contribution in [3.05, 3.63) is 59.9 Å². The van der Waals surface area contributed by atoms with Crippen molar-refractivity contribution in [1.29, 1.82) is 0 Å². The van der Waals surface area contributed by atoms with E-state index < -0.39 is 5.60 Å². The Morgan fingerprint density at radius 3 is 2.44 bits per heavy atom. The molecule has 0 aliphatic carbocycles. The molecule has 0 radical (unpaired) electrons. The summed E-state index contributed by atoms with van der Waals surface area (Å²) in [5, 5.41) is 11.6. The molecular weight excluding hydrogens is 424 g/mol. The Hall–Kier alpha value is -2.70. The van der Waals surface area contributed by atoms with Crippen molar-refractivity contribution in [3.63, 3.8) is 0 Å². The van der Waals surface area contributed by atoms with Crippen molar-refractivity contribution >= 4 is 22.5 Å². The van der Waals surface area contributed by atoms with Crippen LogP contribution in [0.1, 0.15) is 62.4 Å². The number of rotatable bonds is 8. The lowest BCUT2D eigenvalue weighted by molar-refractivity contribution is 0.0139. The molecule has 1 aromatic carbocycles. The number of aromatic nitrogens is 2. The largest absolute Gasteiger partial charge is 0.389 e. The van der Waals surface area contributed by atoms with E-state index >= 15 is 0 Å². The Bertz CT molecular complexity index is 1150. The number of benzene rings is 1. The summed E-state index contributed by atoms with van der Waals surface area (Å²) >= 11 is 0. The number of ketones is 1. The molecule has 3 aromatic rings. The molecule has 2 aromatic heterocycles. The second-order valence-electron chi connectivity index (χ2n) is 10.7. The summed E-state index contributed by atoms with van der Waals surface area (Å²) in [6.07, 6.45) is 7.91. The van der Waals surface area contributed by atoms with Gasteiger partial charge in [0.25, 0.3) is 0 Å². The zero-order valence-electron chi connectivity index (χ0n) is 20.6. The van der Waals surface area contributed by atoms with Crippen molar-refractivity contribution in [3.8, 4) is 0 Å².